The molecule has 0 unspecified atom stereocenters. The molecule has 7 nitrogen and oxygen atoms in total. The average molecular weight is 403 g/mol. The van der Waals surface area contributed by atoms with Crippen LogP contribution in [0.25, 0.3) is 11.4 Å². The number of nitrogens with zero attached hydrogens (tertiary/aromatic N) is 4. The topological polar surface area (TPSA) is 84.2 Å². The van der Waals surface area contributed by atoms with Crippen LogP contribution in [0.5, 0.6) is 0 Å². The standard InChI is InChI=1S/C23H25N5O2/c29-23(24-14-18-11-12-25-30-18)17-8-5-13-28(15-17)22-19-9-4-10-20(19)26-21(27-22)16-6-2-1-3-7-16/h1-3,6-7,11-12,17H,4-5,8-10,13-15H2,(H,24,29)/t17-/m0/s1. The van der Waals surface area contributed by atoms with Crippen LogP contribution in [0.2, 0.25) is 0 Å². The highest BCUT2D eigenvalue weighted by Crippen LogP contribution is 2.33. The van der Waals surface area contributed by atoms with Crippen molar-refractivity contribution in [1.29, 1.82) is 0 Å². The van der Waals surface area contributed by atoms with Crippen LogP contribution in [0, 0.1) is 5.92 Å². The fourth-order valence-corrected chi connectivity index (χ4v) is 4.43. The van der Waals surface area contributed by atoms with Gasteiger partial charge < -0.3 is 14.7 Å². The normalized spacial score (nSPS) is 18.3. The van der Waals surface area contributed by atoms with Gasteiger partial charge in [-0.2, -0.15) is 0 Å². The van der Waals surface area contributed by atoms with Crippen LogP contribution in [0.1, 0.15) is 36.3 Å². The largest absolute Gasteiger partial charge is 0.360 e. The molecule has 30 heavy (non-hydrogen) atoms. The van der Waals surface area contributed by atoms with Crippen molar-refractivity contribution in [2.24, 2.45) is 5.92 Å². The second-order valence-electron chi connectivity index (χ2n) is 8.00. The van der Waals surface area contributed by atoms with Gasteiger partial charge in [-0.3, -0.25) is 4.79 Å². The van der Waals surface area contributed by atoms with Crippen molar-refractivity contribution >= 4 is 11.7 Å². The molecule has 154 valence electrons. The highest BCUT2D eigenvalue weighted by Gasteiger charge is 2.30. The summed E-state index contributed by atoms with van der Waals surface area (Å²) in [7, 11) is 0. The maximum Gasteiger partial charge on any atom is 0.225 e. The number of carbonyl (C=O) groups is 1. The van der Waals surface area contributed by atoms with Gasteiger partial charge in [-0.25, -0.2) is 9.97 Å². The quantitative estimate of drug-likeness (QED) is 0.705. The van der Waals surface area contributed by atoms with Crippen molar-refractivity contribution in [3.05, 3.63) is 59.6 Å². The van der Waals surface area contributed by atoms with Gasteiger partial charge in [0.15, 0.2) is 11.6 Å². The van der Waals surface area contributed by atoms with Crippen LogP contribution in [0.3, 0.4) is 0 Å². The molecule has 0 radical (unpaired) electrons. The SMILES string of the molecule is O=C(NCc1ccno1)[C@H]1CCCN(c2nc(-c3ccccc3)nc3c2CCC3)C1. The summed E-state index contributed by atoms with van der Waals surface area (Å²) in [6, 6.07) is 11.9. The van der Waals surface area contributed by atoms with E-state index in [1.807, 2.05) is 18.2 Å². The first kappa shape index (κ1) is 18.8. The summed E-state index contributed by atoms with van der Waals surface area (Å²) in [5.74, 6) is 2.46. The average Bonchev–Trinajstić information content (AvgIpc) is 3.49. The summed E-state index contributed by atoms with van der Waals surface area (Å²) < 4.78 is 5.08. The number of carbonyl (C=O) groups excluding carboxylic acids is 1. The number of aryl methyl sites for hydroxylation is 1. The predicted molar refractivity (Wildman–Crippen MR) is 113 cm³/mol. The van der Waals surface area contributed by atoms with Gasteiger partial charge in [0.1, 0.15) is 5.82 Å². The minimum atomic E-state index is -0.0612. The molecule has 1 aliphatic heterocycles. The lowest BCUT2D eigenvalue weighted by Crippen LogP contribution is -2.43. The van der Waals surface area contributed by atoms with Gasteiger partial charge >= 0.3 is 0 Å². The number of rotatable bonds is 5. The Bertz CT molecular complexity index is 1020. The third-order valence-corrected chi connectivity index (χ3v) is 5.96. The lowest BCUT2D eigenvalue weighted by molar-refractivity contribution is -0.125. The molecule has 1 saturated heterocycles. The Kier molecular flexibility index (Phi) is 5.17. The van der Waals surface area contributed by atoms with Crippen molar-refractivity contribution in [3.63, 3.8) is 0 Å². The Morgan fingerprint density at radius 1 is 1.13 bits per heavy atom. The number of fused-ring (bicyclic) bond motifs is 1. The van der Waals surface area contributed by atoms with E-state index in [1.165, 1.54) is 5.56 Å². The zero-order chi connectivity index (χ0) is 20.3. The molecule has 2 aliphatic rings. The monoisotopic (exact) mass is 403 g/mol. The molecular weight excluding hydrogens is 378 g/mol. The summed E-state index contributed by atoms with van der Waals surface area (Å²) in [6.07, 6.45) is 6.57. The maximum atomic E-state index is 12.8. The highest BCUT2D eigenvalue weighted by atomic mass is 16.5. The second-order valence-corrected chi connectivity index (χ2v) is 8.00. The van der Waals surface area contributed by atoms with E-state index in [9.17, 15) is 4.79 Å². The second kappa shape index (κ2) is 8.26. The Morgan fingerprint density at radius 2 is 2.03 bits per heavy atom. The number of piperidine rings is 1. The van der Waals surface area contributed by atoms with Crippen LogP contribution in [0.4, 0.5) is 5.82 Å². The van der Waals surface area contributed by atoms with E-state index in [2.05, 4.69) is 27.5 Å². The molecule has 3 aromatic rings. The predicted octanol–water partition coefficient (Wildman–Crippen LogP) is 3.15. The van der Waals surface area contributed by atoms with Gasteiger partial charge in [-0.1, -0.05) is 35.5 Å². The summed E-state index contributed by atoms with van der Waals surface area (Å²) in [5.41, 5.74) is 3.46. The van der Waals surface area contributed by atoms with Crippen LogP contribution in [-0.2, 0) is 24.2 Å². The fourth-order valence-electron chi connectivity index (χ4n) is 4.43. The number of aromatic nitrogens is 3. The zero-order valence-corrected chi connectivity index (χ0v) is 16.9. The van der Waals surface area contributed by atoms with Crippen LogP contribution in [0.15, 0.2) is 47.1 Å². The Balaban J connectivity index is 1.37. The van der Waals surface area contributed by atoms with E-state index in [0.29, 0.717) is 18.8 Å². The zero-order valence-electron chi connectivity index (χ0n) is 16.9. The Hall–Kier alpha value is -3.22. The third-order valence-electron chi connectivity index (χ3n) is 5.96. The molecule has 2 aromatic heterocycles. The Morgan fingerprint density at radius 3 is 2.87 bits per heavy atom. The molecule has 0 spiro atoms. The summed E-state index contributed by atoms with van der Waals surface area (Å²) >= 11 is 0. The van der Waals surface area contributed by atoms with Crippen LogP contribution in [-0.4, -0.2) is 34.1 Å². The molecule has 0 bridgehead atoms. The van der Waals surface area contributed by atoms with E-state index < -0.39 is 0 Å². The fraction of sp³-hybridized carbons (Fsp3) is 0.391. The molecule has 0 saturated carbocycles. The molecule has 1 N–H and O–H groups in total. The van der Waals surface area contributed by atoms with Crippen LogP contribution < -0.4 is 10.2 Å². The highest BCUT2D eigenvalue weighted by molar-refractivity contribution is 5.79. The van der Waals surface area contributed by atoms with E-state index in [4.69, 9.17) is 14.5 Å². The molecule has 5 rings (SSSR count). The summed E-state index contributed by atoms with van der Waals surface area (Å²) in [6.45, 7) is 1.97. The molecule has 1 amide bonds. The van der Waals surface area contributed by atoms with Gasteiger partial charge in [0.25, 0.3) is 0 Å². The van der Waals surface area contributed by atoms with Crippen molar-refractivity contribution < 1.29 is 9.32 Å². The van der Waals surface area contributed by atoms with Crippen molar-refractivity contribution in [2.75, 3.05) is 18.0 Å². The van der Waals surface area contributed by atoms with E-state index in [1.54, 1.807) is 12.3 Å². The molecule has 1 aliphatic carbocycles. The smallest absolute Gasteiger partial charge is 0.225 e. The van der Waals surface area contributed by atoms with Crippen molar-refractivity contribution in [1.82, 2.24) is 20.4 Å². The minimum absolute atomic E-state index is 0.0603. The first-order valence-electron chi connectivity index (χ1n) is 10.7. The number of benzene rings is 1. The number of amides is 1. The lowest BCUT2D eigenvalue weighted by atomic mass is 9.96. The van der Waals surface area contributed by atoms with Gasteiger partial charge in [0, 0.05) is 36.0 Å². The number of hydrogen-bond donors (Lipinski definition) is 1. The van der Waals surface area contributed by atoms with Crippen molar-refractivity contribution in [3.8, 4) is 11.4 Å². The molecule has 7 heteroatoms. The molecule has 1 aromatic carbocycles. The molecule has 1 fully saturated rings. The first-order chi connectivity index (χ1) is 14.8. The first-order valence-corrected chi connectivity index (χ1v) is 10.7. The lowest BCUT2D eigenvalue weighted by Gasteiger charge is -2.34. The molecule has 3 heterocycles. The Labute approximate surface area is 175 Å². The number of anilines is 1. The minimum Gasteiger partial charge on any atom is -0.360 e. The van der Waals surface area contributed by atoms with Gasteiger partial charge in [-0.05, 0) is 32.1 Å². The van der Waals surface area contributed by atoms with Crippen molar-refractivity contribution in [2.45, 2.75) is 38.6 Å². The van der Waals surface area contributed by atoms with Gasteiger partial charge in [0.05, 0.1) is 18.7 Å². The van der Waals surface area contributed by atoms with E-state index in [0.717, 1.165) is 61.5 Å². The maximum absolute atomic E-state index is 12.8. The van der Waals surface area contributed by atoms with E-state index >= 15 is 0 Å². The summed E-state index contributed by atoms with van der Waals surface area (Å²) in [5, 5.41) is 6.67. The number of hydrogen-bond acceptors (Lipinski definition) is 6. The van der Waals surface area contributed by atoms with Crippen LogP contribution >= 0.6 is 0 Å². The molecular formula is C23H25N5O2. The third kappa shape index (κ3) is 3.79. The van der Waals surface area contributed by atoms with E-state index in [-0.39, 0.29) is 11.8 Å². The van der Waals surface area contributed by atoms with Gasteiger partial charge in [-0.15, -0.1) is 0 Å². The molecule has 1 atom stereocenters. The summed E-state index contributed by atoms with van der Waals surface area (Å²) in [4.78, 5) is 24.9. The van der Waals surface area contributed by atoms with Gasteiger partial charge in [0.2, 0.25) is 5.91 Å². The number of nitrogens with one attached hydrogen (secondary N) is 1.